The second kappa shape index (κ2) is 9.25. The third kappa shape index (κ3) is 5.25. The summed E-state index contributed by atoms with van der Waals surface area (Å²) in [7, 11) is 4.69. The summed E-state index contributed by atoms with van der Waals surface area (Å²) in [4.78, 5) is 27.2. The molecule has 0 aliphatic rings. The van der Waals surface area contributed by atoms with Crippen molar-refractivity contribution >= 4 is 11.8 Å². The van der Waals surface area contributed by atoms with Gasteiger partial charge in [0.15, 0.2) is 0 Å². The lowest BCUT2D eigenvalue weighted by molar-refractivity contribution is -0.133. The van der Waals surface area contributed by atoms with Crippen LogP contribution in [0.2, 0.25) is 0 Å². The van der Waals surface area contributed by atoms with Gasteiger partial charge in [0.2, 0.25) is 5.91 Å². The van der Waals surface area contributed by atoms with Crippen LogP contribution in [0.15, 0.2) is 28.8 Å². The topological polar surface area (TPSA) is 93.9 Å². The van der Waals surface area contributed by atoms with Gasteiger partial charge in [-0.25, -0.2) is 0 Å². The second-order valence-corrected chi connectivity index (χ2v) is 6.92. The molecule has 8 heteroatoms. The van der Waals surface area contributed by atoms with Crippen molar-refractivity contribution < 1.29 is 23.6 Å². The first-order chi connectivity index (χ1) is 13.2. The van der Waals surface area contributed by atoms with Gasteiger partial charge in [0.25, 0.3) is 5.91 Å². The standard InChI is InChI=1S/C20H27N3O5/c1-12(2)18(20(25)23(4)11-15-7-13(3)28-22-15)21-19(24)14-8-16(26-5)10-17(9-14)27-6/h7-10,12,18H,11H2,1-6H3,(H,21,24). The Morgan fingerprint density at radius 2 is 1.75 bits per heavy atom. The first-order valence-electron chi connectivity index (χ1n) is 8.96. The van der Waals surface area contributed by atoms with E-state index in [9.17, 15) is 9.59 Å². The van der Waals surface area contributed by atoms with E-state index in [1.165, 1.54) is 19.1 Å². The van der Waals surface area contributed by atoms with Crippen molar-refractivity contribution in [3.8, 4) is 11.5 Å². The van der Waals surface area contributed by atoms with Gasteiger partial charge in [-0.2, -0.15) is 0 Å². The molecule has 0 radical (unpaired) electrons. The van der Waals surface area contributed by atoms with Crippen LogP contribution in [0.5, 0.6) is 11.5 Å². The highest BCUT2D eigenvalue weighted by Gasteiger charge is 2.28. The first kappa shape index (κ1) is 21.3. The average molecular weight is 389 g/mol. The summed E-state index contributed by atoms with van der Waals surface area (Å²) in [5.41, 5.74) is 1.00. The number of benzene rings is 1. The van der Waals surface area contributed by atoms with E-state index in [1.807, 2.05) is 13.8 Å². The van der Waals surface area contributed by atoms with Crippen molar-refractivity contribution in [3.05, 3.63) is 41.3 Å². The van der Waals surface area contributed by atoms with Gasteiger partial charge in [0, 0.05) is 24.7 Å². The van der Waals surface area contributed by atoms with Gasteiger partial charge < -0.3 is 24.2 Å². The molecule has 28 heavy (non-hydrogen) atoms. The fourth-order valence-electron chi connectivity index (χ4n) is 2.73. The van der Waals surface area contributed by atoms with E-state index >= 15 is 0 Å². The van der Waals surface area contributed by atoms with Crippen LogP contribution in [0.4, 0.5) is 0 Å². The van der Waals surface area contributed by atoms with Crippen molar-refractivity contribution in [2.75, 3.05) is 21.3 Å². The zero-order chi connectivity index (χ0) is 20.8. The number of likely N-dealkylation sites (N-methyl/N-ethyl adjacent to an activating group) is 1. The highest BCUT2D eigenvalue weighted by molar-refractivity contribution is 5.98. The minimum atomic E-state index is -0.692. The van der Waals surface area contributed by atoms with Crippen LogP contribution in [0, 0.1) is 12.8 Å². The minimum absolute atomic E-state index is 0.106. The maximum atomic E-state index is 12.9. The molecule has 2 amide bonds. The van der Waals surface area contributed by atoms with Gasteiger partial charge in [-0.05, 0) is 25.0 Å². The highest BCUT2D eigenvalue weighted by Crippen LogP contribution is 2.23. The number of carbonyl (C=O) groups excluding carboxylic acids is 2. The fraction of sp³-hybridized carbons (Fsp3) is 0.450. The Morgan fingerprint density at radius 3 is 2.21 bits per heavy atom. The van der Waals surface area contributed by atoms with Crippen molar-refractivity contribution in [2.24, 2.45) is 5.92 Å². The molecule has 2 aromatic rings. The second-order valence-electron chi connectivity index (χ2n) is 6.92. The molecule has 0 bridgehead atoms. The number of nitrogens with zero attached hydrogens (tertiary/aromatic N) is 2. The number of hydrogen-bond donors (Lipinski definition) is 1. The molecule has 1 heterocycles. The summed E-state index contributed by atoms with van der Waals surface area (Å²) in [5, 5.41) is 6.73. The number of methoxy groups -OCH3 is 2. The summed E-state index contributed by atoms with van der Waals surface area (Å²) in [6.07, 6.45) is 0. The molecule has 0 aliphatic carbocycles. The minimum Gasteiger partial charge on any atom is -0.497 e. The van der Waals surface area contributed by atoms with Gasteiger partial charge in [-0.3, -0.25) is 9.59 Å². The summed E-state index contributed by atoms with van der Waals surface area (Å²) in [6, 6.07) is 5.95. The lowest BCUT2D eigenvalue weighted by Gasteiger charge is -2.26. The van der Waals surface area contributed by atoms with Crippen molar-refractivity contribution in [2.45, 2.75) is 33.4 Å². The molecule has 0 spiro atoms. The van der Waals surface area contributed by atoms with Crippen LogP contribution >= 0.6 is 0 Å². The van der Waals surface area contributed by atoms with Crippen LogP contribution in [-0.2, 0) is 11.3 Å². The molecular formula is C20H27N3O5. The zero-order valence-electron chi connectivity index (χ0n) is 17.1. The molecule has 0 saturated heterocycles. The van der Waals surface area contributed by atoms with E-state index in [4.69, 9.17) is 14.0 Å². The summed E-state index contributed by atoms with van der Waals surface area (Å²) < 4.78 is 15.4. The Hall–Kier alpha value is -3.03. The highest BCUT2D eigenvalue weighted by atomic mass is 16.5. The molecule has 0 fully saturated rings. The number of amides is 2. The Bertz CT molecular complexity index is 809. The third-order valence-electron chi connectivity index (χ3n) is 4.29. The number of carbonyl (C=O) groups is 2. The normalized spacial score (nSPS) is 11.8. The molecule has 1 unspecified atom stereocenters. The van der Waals surface area contributed by atoms with E-state index in [-0.39, 0.29) is 17.7 Å². The number of ether oxygens (including phenoxy) is 2. The third-order valence-corrected chi connectivity index (χ3v) is 4.29. The summed E-state index contributed by atoms with van der Waals surface area (Å²) in [6.45, 7) is 5.84. The van der Waals surface area contributed by atoms with Gasteiger partial charge in [0.05, 0.1) is 20.8 Å². The van der Waals surface area contributed by atoms with Crippen molar-refractivity contribution in [1.29, 1.82) is 0 Å². The fourth-order valence-corrected chi connectivity index (χ4v) is 2.73. The first-order valence-corrected chi connectivity index (χ1v) is 8.96. The van der Waals surface area contributed by atoms with Gasteiger partial charge >= 0.3 is 0 Å². The molecule has 1 N–H and O–H groups in total. The van der Waals surface area contributed by atoms with Crippen LogP contribution in [-0.4, -0.2) is 49.2 Å². The molecule has 0 saturated carbocycles. The van der Waals surface area contributed by atoms with E-state index < -0.39 is 6.04 Å². The Kier molecular flexibility index (Phi) is 7.03. The lowest BCUT2D eigenvalue weighted by atomic mass is 10.0. The number of aryl methyl sites for hydroxylation is 1. The van der Waals surface area contributed by atoms with Crippen LogP contribution in [0.1, 0.15) is 35.7 Å². The molecule has 152 valence electrons. The number of nitrogens with one attached hydrogen (secondary N) is 1. The molecular weight excluding hydrogens is 362 g/mol. The molecule has 2 rings (SSSR count). The Morgan fingerprint density at radius 1 is 1.14 bits per heavy atom. The van der Waals surface area contributed by atoms with Crippen molar-refractivity contribution in [3.63, 3.8) is 0 Å². The average Bonchev–Trinajstić information content (AvgIpc) is 3.08. The van der Waals surface area contributed by atoms with Crippen molar-refractivity contribution in [1.82, 2.24) is 15.4 Å². The van der Waals surface area contributed by atoms with Crippen LogP contribution in [0.3, 0.4) is 0 Å². The Labute approximate surface area is 164 Å². The molecule has 1 aromatic carbocycles. The number of aromatic nitrogens is 1. The van der Waals surface area contributed by atoms with Gasteiger partial charge in [0.1, 0.15) is 29.0 Å². The Balaban J connectivity index is 2.15. The van der Waals surface area contributed by atoms with E-state index in [1.54, 1.807) is 38.2 Å². The van der Waals surface area contributed by atoms with Gasteiger partial charge in [-0.1, -0.05) is 19.0 Å². The number of rotatable bonds is 8. The predicted octanol–water partition coefficient (Wildman–Crippen LogP) is 2.41. The van der Waals surface area contributed by atoms with Crippen LogP contribution < -0.4 is 14.8 Å². The van der Waals surface area contributed by atoms with Crippen LogP contribution in [0.25, 0.3) is 0 Å². The lowest BCUT2D eigenvalue weighted by Crippen LogP contribution is -2.50. The summed E-state index contributed by atoms with van der Waals surface area (Å²) in [5.74, 6) is 0.974. The number of hydrogen-bond acceptors (Lipinski definition) is 6. The maximum absolute atomic E-state index is 12.9. The smallest absolute Gasteiger partial charge is 0.252 e. The maximum Gasteiger partial charge on any atom is 0.252 e. The molecule has 0 aliphatic heterocycles. The monoisotopic (exact) mass is 389 g/mol. The van der Waals surface area contributed by atoms with E-state index in [0.29, 0.717) is 35.1 Å². The largest absolute Gasteiger partial charge is 0.497 e. The SMILES string of the molecule is COc1cc(OC)cc(C(=O)NC(C(=O)N(C)Cc2cc(C)on2)C(C)C)c1. The summed E-state index contributed by atoms with van der Waals surface area (Å²) >= 11 is 0. The molecule has 8 nitrogen and oxygen atoms in total. The molecule has 1 aromatic heterocycles. The quantitative estimate of drug-likeness (QED) is 0.745. The zero-order valence-corrected chi connectivity index (χ0v) is 17.1. The van der Waals surface area contributed by atoms with E-state index in [0.717, 1.165) is 0 Å². The predicted molar refractivity (Wildman–Crippen MR) is 103 cm³/mol. The molecule has 1 atom stereocenters. The van der Waals surface area contributed by atoms with Gasteiger partial charge in [-0.15, -0.1) is 0 Å². The van der Waals surface area contributed by atoms with E-state index in [2.05, 4.69) is 10.5 Å².